The summed E-state index contributed by atoms with van der Waals surface area (Å²) in [6.45, 7) is 1.49. The van der Waals surface area contributed by atoms with Crippen LogP contribution < -0.4 is 5.32 Å². The summed E-state index contributed by atoms with van der Waals surface area (Å²) in [5, 5.41) is 120. The number of amides is 1. The lowest BCUT2D eigenvalue weighted by atomic mass is 9.96. The highest BCUT2D eigenvalue weighted by molar-refractivity contribution is 5.76. The number of allylic oxidation sites excluding steroid dienone is 25. The largest absolute Gasteiger partial charge is 0.394 e. The van der Waals surface area contributed by atoms with Gasteiger partial charge in [-0.1, -0.05) is 191 Å². The van der Waals surface area contributed by atoms with Crippen molar-refractivity contribution in [2.45, 2.75) is 266 Å². The van der Waals surface area contributed by atoms with Gasteiger partial charge in [-0.05, 0) is 122 Å². The molecule has 3 rings (SSSR count). The summed E-state index contributed by atoms with van der Waals surface area (Å²) in [7, 11) is 0. The molecule has 0 bridgehead atoms. The Kier molecular flexibility index (Phi) is 46.7. The predicted molar refractivity (Wildman–Crippen MR) is 359 cm³/mol. The minimum atomic E-state index is -2.00. The van der Waals surface area contributed by atoms with Gasteiger partial charge in [0.05, 0.1) is 38.6 Å². The van der Waals surface area contributed by atoms with Gasteiger partial charge in [-0.25, -0.2) is 0 Å². The number of carbonyl (C=O) groups excluding carboxylic acids is 1. The van der Waals surface area contributed by atoms with Gasteiger partial charge in [0, 0.05) is 6.42 Å². The van der Waals surface area contributed by atoms with Crippen molar-refractivity contribution in [3.63, 3.8) is 0 Å². The summed E-state index contributed by atoms with van der Waals surface area (Å²) in [5.41, 5.74) is 0. The van der Waals surface area contributed by atoms with Gasteiger partial charge in [-0.3, -0.25) is 4.79 Å². The van der Waals surface area contributed by atoms with Gasteiger partial charge in [0.1, 0.15) is 73.2 Å². The Morgan fingerprint density at radius 1 is 0.402 bits per heavy atom. The summed E-state index contributed by atoms with van der Waals surface area (Å²) < 4.78 is 34.2. The van der Waals surface area contributed by atoms with E-state index in [1.54, 1.807) is 12.2 Å². The van der Waals surface area contributed by atoms with Crippen molar-refractivity contribution in [2.75, 3.05) is 26.4 Å². The zero-order valence-corrected chi connectivity index (χ0v) is 54.7. The summed E-state index contributed by atoms with van der Waals surface area (Å²) in [6.07, 6.45) is 49.4. The molecule has 3 saturated heterocycles. The first-order valence-corrected chi connectivity index (χ1v) is 33.7. The maximum atomic E-state index is 13.4. The van der Waals surface area contributed by atoms with E-state index in [0.29, 0.717) is 12.8 Å². The van der Waals surface area contributed by atoms with Crippen LogP contribution in [0.5, 0.6) is 0 Å². The lowest BCUT2D eigenvalue weighted by Gasteiger charge is -2.48. The Morgan fingerprint density at radius 2 is 0.761 bits per heavy atom. The number of carbonyl (C=O) groups is 1. The molecule has 12 N–H and O–H groups in total. The molecule has 92 heavy (non-hydrogen) atoms. The highest BCUT2D eigenvalue weighted by Gasteiger charge is 2.53. The average molecular weight is 1290 g/mol. The van der Waals surface area contributed by atoms with Crippen LogP contribution in [0.15, 0.2) is 158 Å². The van der Waals surface area contributed by atoms with E-state index in [9.17, 15) is 61.0 Å². The first-order valence-electron chi connectivity index (χ1n) is 33.7. The minimum absolute atomic E-state index is 0.165. The fraction of sp³-hybridized carbons (Fsp3) is 0.630. The molecule has 19 nitrogen and oxygen atoms in total. The molecule has 17 atom stereocenters. The third kappa shape index (κ3) is 34.2. The van der Waals surface area contributed by atoms with Crippen molar-refractivity contribution >= 4 is 5.91 Å². The highest BCUT2D eigenvalue weighted by atomic mass is 16.8. The summed E-state index contributed by atoms with van der Waals surface area (Å²) in [6, 6.07) is -1.03. The number of hydrogen-bond acceptors (Lipinski definition) is 18. The molecule has 17 unspecified atom stereocenters. The van der Waals surface area contributed by atoms with Crippen molar-refractivity contribution in [3.8, 4) is 0 Å². The molecule has 3 fully saturated rings. The quantitative estimate of drug-likeness (QED) is 0.0201. The van der Waals surface area contributed by atoms with Crippen LogP contribution >= 0.6 is 0 Å². The Hall–Kier alpha value is -4.59. The number of nitrogens with one attached hydrogen (secondary N) is 1. The van der Waals surface area contributed by atoms with E-state index < -0.39 is 131 Å². The number of hydrogen-bond donors (Lipinski definition) is 12. The van der Waals surface area contributed by atoms with Crippen molar-refractivity contribution in [1.29, 1.82) is 0 Å². The fourth-order valence-electron chi connectivity index (χ4n) is 10.1. The zero-order chi connectivity index (χ0) is 66.8. The third-order valence-electron chi connectivity index (χ3n) is 15.5. The van der Waals surface area contributed by atoms with Crippen LogP contribution in [0.25, 0.3) is 0 Å². The van der Waals surface area contributed by atoms with E-state index >= 15 is 0 Å². The van der Waals surface area contributed by atoms with E-state index in [1.165, 1.54) is 25.7 Å². The fourth-order valence-corrected chi connectivity index (χ4v) is 10.1. The molecule has 19 heteroatoms. The zero-order valence-electron chi connectivity index (χ0n) is 54.7. The summed E-state index contributed by atoms with van der Waals surface area (Å²) in [5.74, 6) is -0.341. The van der Waals surface area contributed by atoms with E-state index in [1.807, 2.05) is 0 Å². The Balaban J connectivity index is 1.44. The second-order valence-corrected chi connectivity index (χ2v) is 23.2. The molecule has 0 aromatic rings. The van der Waals surface area contributed by atoms with Gasteiger partial charge < -0.3 is 89.9 Å². The lowest BCUT2D eigenvalue weighted by Crippen LogP contribution is -2.66. The molecule has 0 aliphatic carbocycles. The average Bonchev–Trinajstić information content (AvgIpc) is 0.840. The minimum Gasteiger partial charge on any atom is -0.394 e. The molecular weight excluding hydrogens is 1180 g/mol. The smallest absolute Gasteiger partial charge is 0.220 e. The van der Waals surface area contributed by atoms with Crippen LogP contribution in [0, 0.1) is 0 Å². The molecule has 1 amide bonds. The van der Waals surface area contributed by atoms with Crippen LogP contribution in [0.4, 0.5) is 0 Å². The molecule has 3 heterocycles. The molecule has 0 aromatic heterocycles. The monoisotopic (exact) mass is 1290 g/mol. The lowest BCUT2D eigenvalue weighted by molar-refractivity contribution is -0.379. The second kappa shape index (κ2) is 52.7. The van der Waals surface area contributed by atoms with Gasteiger partial charge in [0.2, 0.25) is 5.91 Å². The molecule has 0 spiro atoms. The first kappa shape index (κ1) is 81.6. The maximum Gasteiger partial charge on any atom is 0.220 e. The van der Waals surface area contributed by atoms with Crippen LogP contribution in [0.1, 0.15) is 162 Å². The first-order chi connectivity index (χ1) is 44.8. The van der Waals surface area contributed by atoms with Crippen molar-refractivity contribution in [1.82, 2.24) is 5.32 Å². The molecule has 3 aliphatic heterocycles. The molecule has 3 aliphatic rings. The summed E-state index contributed by atoms with van der Waals surface area (Å²) in [4.78, 5) is 13.4. The number of unbranched alkanes of at least 4 members (excludes halogenated alkanes) is 8. The van der Waals surface area contributed by atoms with Gasteiger partial charge in [-0.15, -0.1) is 0 Å². The molecular formula is C73H115NO18. The van der Waals surface area contributed by atoms with Crippen molar-refractivity contribution in [2.24, 2.45) is 0 Å². The number of aliphatic hydroxyl groups excluding tert-OH is 11. The van der Waals surface area contributed by atoms with Crippen LogP contribution in [-0.2, 0) is 33.2 Å². The van der Waals surface area contributed by atoms with Crippen LogP contribution in [0.2, 0.25) is 0 Å². The van der Waals surface area contributed by atoms with Crippen LogP contribution in [-0.4, -0.2) is 193 Å². The predicted octanol–water partition coefficient (Wildman–Crippen LogP) is 8.54. The van der Waals surface area contributed by atoms with Crippen LogP contribution in [0.3, 0.4) is 0 Å². The van der Waals surface area contributed by atoms with E-state index in [0.717, 1.165) is 103 Å². The number of aliphatic hydroxyl groups is 11. The molecule has 520 valence electrons. The van der Waals surface area contributed by atoms with E-state index in [4.69, 9.17) is 28.4 Å². The van der Waals surface area contributed by atoms with Gasteiger partial charge in [0.25, 0.3) is 0 Å². The highest BCUT2D eigenvalue weighted by Crippen LogP contribution is 2.33. The Morgan fingerprint density at radius 3 is 1.20 bits per heavy atom. The topological polar surface area (TPSA) is 307 Å². The Labute approximate surface area is 548 Å². The molecule has 0 saturated carbocycles. The molecule has 0 aromatic carbocycles. The number of ether oxygens (including phenoxy) is 6. The van der Waals surface area contributed by atoms with Gasteiger partial charge in [-0.2, -0.15) is 0 Å². The summed E-state index contributed by atoms with van der Waals surface area (Å²) >= 11 is 0. The van der Waals surface area contributed by atoms with Crippen molar-refractivity contribution in [3.05, 3.63) is 158 Å². The normalized spacial score (nSPS) is 28.7. The molecule has 0 radical (unpaired) electrons. The number of rotatable bonds is 48. The van der Waals surface area contributed by atoms with E-state index in [-0.39, 0.29) is 12.3 Å². The second-order valence-electron chi connectivity index (χ2n) is 23.2. The SMILES string of the molecule is CC/C=C\C/C=C\C/C=C\C/C=C\C/C=C\C/C=C\C/C=C\C/C=C\C/C=C\C/C=C\CCCCC(=O)NC(COC1OC(CO)C(OC2OC(CO)C(OC3OC(CO)C(O)C(O)C3O)C(O)C2O)C(O)C1O)C(O)/C=C/CC/C=C/CC/C=C/CCCCCC. The van der Waals surface area contributed by atoms with Crippen molar-refractivity contribution < 1.29 is 89.4 Å². The van der Waals surface area contributed by atoms with Gasteiger partial charge >= 0.3 is 0 Å². The van der Waals surface area contributed by atoms with Gasteiger partial charge in [0.15, 0.2) is 18.9 Å². The Bertz CT molecular complexity index is 2280. The van der Waals surface area contributed by atoms with E-state index in [2.05, 4.69) is 165 Å². The standard InChI is InChI=1S/C73H115NO18/c1-3-5-7-9-11-13-15-17-19-20-21-22-23-24-25-26-27-28-29-30-31-32-33-34-35-36-37-39-41-43-45-47-49-51-61(79)74-56(57(78)50-48-46-44-42-40-38-18-16-14-12-10-8-6-4-2)55-87-71-67(85)64(82)69(59(53-76)89-71)92-73-68(86)65(83)70(60(54-77)90-73)91-72-66(84)63(81)62(80)58(52-75)88-72/h5,7,11,13-14,16-17,19,21-22,24-25,27-28,30-31,33-34,36-37,40-43,48,50,56-60,62-73,75-78,80-86H,3-4,6,8-10,12,15,18,20,23,26,29,32,35,38-39,44-47,49,51-55H2,1-2H3,(H,74,79)/b7-5-,13-11-,16-14+,19-17-,22-21-,25-24-,28-27-,31-30-,34-33-,37-36-,42-40+,43-41-,50-48+. The maximum absolute atomic E-state index is 13.4. The third-order valence-corrected chi connectivity index (χ3v) is 15.5.